The molecule has 2 amide bonds. The number of carbonyl (C=O) groups is 2. The van der Waals surface area contributed by atoms with E-state index in [9.17, 15) is 9.59 Å². The number of nitrogens with zero attached hydrogens (tertiary/aromatic N) is 1. The Morgan fingerprint density at radius 1 is 1.30 bits per heavy atom. The fourth-order valence-corrected chi connectivity index (χ4v) is 3.29. The number of hydrogen-bond acceptors (Lipinski definition) is 2. The number of rotatable bonds is 5. The zero-order valence-electron chi connectivity index (χ0n) is 12.4. The molecule has 1 saturated heterocycles. The molecule has 0 radical (unpaired) electrons. The Morgan fingerprint density at radius 3 is 2.40 bits per heavy atom. The monoisotopic (exact) mass is 282 g/mol. The molecule has 0 bridgehead atoms. The number of piperidine rings is 1. The van der Waals surface area contributed by atoms with Gasteiger partial charge < -0.3 is 15.3 Å². The zero-order valence-corrected chi connectivity index (χ0v) is 12.4. The van der Waals surface area contributed by atoms with E-state index in [1.54, 1.807) is 0 Å². The van der Waals surface area contributed by atoms with Gasteiger partial charge in [0.15, 0.2) is 0 Å². The van der Waals surface area contributed by atoms with Crippen LogP contribution < -0.4 is 5.32 Å². The Kier molecular flexibility index (Phi) is 4.89. The SMILES string of the molecule is CCC1(CNC(=O)N2CCC(CC(=O)O)CC2)CCC1. The number of likely N-dealkylation sites (tertiary alicyclic amines) is 1. The molecule has 2 aliphatic rings. The molecule has 0 unspecified atom stereocenters. The van der Waals surface area contributed by atoms with Crippen LogP contribution >= 0.6 is 0 Å². The average Bonchev–Trinajstić information content (AvgIpc) is 2.38. The number of hydrogen-bond donors (Lipinski definition) is 2. The summed E-state index contributed by atoms with van der Waals surface area (Å²) in [5, 5.41) is 11.9. The molecule has 5 nitrogen and oxygen atoms in total. The first-order valence-corrected chi connectivity index (χ1v) is 7.79. The highest BCUT2D eigenvalue weighted by Gasteiger charge is 2.35. The van der Waals surface area contributed by atoms with Gasteiger partial charge >= 0.3 is 12.0 Å². The molecule has 2 N–H and O–H groups in total. The topological polar surface area (TPSA) is 69.6 Å². The first kappa shape index (κ1) is 15.1. The molecule has 1 saturated carbocycles. The lowest BCUT2D eigenvalue weighted by Crippen LogP contribution is -2.49. The van der Waals surface area contributed by atoms with Crippen molar-refractivity contribution in [3.8, 4) is 0 Å². The van der Waals surface area contributed by atoms with Gasteiger partial charge in [0, 0.05) is 26.1 Å². The van der Waals surface area contributed by atoms with Crippen molar-refractivity contribution in [3.63, 3.8) is 0 Å². The van der Waals surface area contributed by atoms with Crippen LogP contribution in [0, 0.1) is 11.3 Å². The van der Waals surface area contributed by atoms with Crippen LogP contribution in [-0.4, -0.2) is 41.6 Å². The standard InChI is InChI=1S/C15H26N2O3/c1-2-15(6-3-7-15)11-16-14(20)17-8-4-12(5-9-17)10-13(18)19/h12H,2-11H2,1H3,(H,16,20)(H,18,19). The molecular weight excluding hydrogens is 256 g/mol. The predicted octanol–water partition coefficient (Wildman–Crippen LogP) is 2.46. The predicted molar refractivity (Wildman–Crippen MR) is 76.5 cm³/mol. The molecule has 0 aromatic heterocycles. The Labute approximate surface area is 120 Å². The van der Waals surface area contributed by atoms with Crippen LogP contribution in [-0.2, 0) is 4.79 Å². The maximum absolute atomic E-state index is 12.1. The number of aliphatic carboxylic acids is 1. The summed E-state index contributed by atoms with van der Waals surface area (Å²) in [7, 11) is 0. The molecule has 1 aliphatic heterocycles. The quantitative estimate of drug-likeness (QED) is 0.814. The number of urea groups is 1. The van der Waals surface area contributed by atoms with Gasteiger partial charge in [-0.25, -0.2) is 4.79 Å². The van der Waals surface area contributed by atoms with Crippen molar-refractivity contribution in [2.45, 2.75) is 51.9 Å². The number of carbonyl (C=O) groups excluding carboxylic acids is 1. The van der Waals surface area contributed by atoms with E-state index in [4.69, 9.17) is 5.11 Å². The summed E-state index contributed by atoms with van der Waals surface area (Å²) in [4.78, 5) is 24.6. The summed E-state index contributed by atoms with van der Waals surface area (Å²) in [6.07, 6.45) is 6.71. The van der Waals surface area contributed by atoms with Crippen molar-refractivity contribution in [2.24, 2.45) is 11.3 Å². The second-order valence-electron chi connectivity index (χ2n) is 6.39. The number of carboxylic acid groups (broad SMARTS) is 1. The van der Waals surface area contributed by atoms with Crippen molar-refractivity contribution in [1.29, 1.82) is 0 Å². The highest BCUT2D eigenvalue weighted by Crippen LogP contribution is 2.43. The maximum Gasteiger partial charge on any atom is 0.317 e. The van der Waals surface area contributed by atoms with Crippen LogP contribution in [0.1, 0.15) is 51.9 Å². The average molecular weight is 282 g/mol. The van der Waals surface area contributed by atoms with Gasteiger partial charge in [-0.1, -0.05) is 13.3 Å². The van der Waals surface area contributed by atoms with Crippen LogP contribution in [0.3, 0.4) is 0 Å². The molecule has 1 heterocycles. The second kappa shape index (κ2) is 6.46. The minimum atomic E-state index is -0.734. The minimum absolute atomic E-state index is 0.0264. The molecule has 2 fully saturated rings. The van der Waals surface area contributed by atoms with Gasteiger partial charge in [0.1, 0.15) is 0 Å². The Morgan fingerprint density at radius 2 is 1.95 bits per heavy atom. The van der Waals surface area contributed by atoms with Gasteiger partial charge in [0.05, 0.1) is 0 Å². The molecule has 0 aromatic carbocycles. The number of nitrogens with one attached hydrogen (secondary N) is 1. The smallest absolute Gasteiger partial charge is 0.317 e. The van der Waals surface area contributed by atoms with Gasteiger partial charge in [0.25, 0.3) is 0 Å². The van der Waals surface area contributed by atoms with E-state index in [1.165, 1.54) is 19.3 Å². The number of carboxylic acids is 1. The van der Waals surface area contributed by atoms with E-state index < -0.39 is 5.97 Å². The van der Waals surface area contributed by atoms with Gasteiger partial charge in [0.2, 0.25) is 0 Å². The van der Waals surface area contributed by atoms with E-state index in [0.717, 1.165) is 25.8 Å². The lowest BCUT2D eigenvalue weighted by atomic mass is 9.67. The Bertz CT molecular complexity index is 353. The van der Waals surface area contributed by atoms with Gasteiger partial charge in [-0.15, -0.1) is 0 Å². The van der Waals surface area contributed by atoms with Crippen LogP contribution in [0.5, 0.6) is 0 Å². The summed E-state index contributed by atoms with van der Waals surface area (Å²) >= 11 is 0. The highest BCUT2D eigenvalue weighted by molar-refractivity contribution is 5.74. The molecule has 0 atom stereocenters. The van der Waals surface area contributed by atoms with E-state index in [-0.39, 0.29) is 18.4 Å². The van der Waals surface area contributed by atoms with Crippen LogP contribution in [0.4, 0.5) is 4.79 Å². The zero-order chi connectivity index (χ0) is 14.6. The minimum Gasteiger partial charge on any atom is -0.481 e. The Balaban J connectivity index is 1.70. The summed E-state index contributed by atoms with van der Waals surface area (Å²) < 4.78 is 0. The van der Waals surface area contributed by atoms with Crippen molar-refractivity contribution in [3.05, 3.63) is 0 Å². The third-order valence-electron chi connectivity index (χ3n) is 5.14. The van der Waals surface area contributed by atoms with Crippen molar-refractivity contribution in [2.75, 3.05) is 19.6 Å². The van der Waals surface area contributed by atoms with Crippen LogP contribution in [0.25, 0.3) is 0 Å². The van der Waals surface area contributed by atoms with E-state index in [2.05, 4.69) is 12.2 Å². The first-order valence-electron chi connectivity index (χ1n) is 7.79. The summed E-state index contributed by atoms with van der Waals surface area (Å²) in [5.41, 5.74) is 0.345. The maximum atomic E-state index is 12.1. The van der Waals surface area contributed by atoms with E-state index in [0.29, 0.717) is 18.5 Å². The van der Waals surface area contributed by atoms with Crippen molar-refractivity contribution < 1.29 is 14.7 Å². The Hall–Kier alpha value is -1.26. The lowest BCUT2D eigenvalue weighted by molar-refractivity contribution is -0.138. The van der Waals surface area contributed by atoms with Gasteiger partial charge in [-0.2, -0.15) is 0 Å². The third kappa shape index (κ3) is 3.64. The molecule has 0 aromatic rings. The molecule has 1 aliphatic carbocycles. The summed E-state index contributed by atoms with van der Waals surface area (Å²) in [6.45, 7) is 4.35. The molecule has 2 rings (SSSR count). The molecule has 20 heavy (non-hydrogen) atoms. The fraction of sp³-hybridized carbons (Fsp3) is 0.867. The largest absolute Gasteiger partial charge is 0.481 e. The summed E-state index contributed by atoms with van der Waals surface area (Å²) in [6, 6.07) is 0.0264. The van der Waals surface area contributed by atoms with E-state index >= 15 is 0 Å². The molecule has 0 spiro atoms. The molecule has 5 heteroatoms. The van der Waals surface area contributed by atoms with Crippen LogP contribution in [0.15, 0.2) is 0 Å². The summed E-state index contributed by atoms with van der Waals surface area (Å²) in [5.74, 6) is -0.507. The third-order valence-corrected chi connectivity index (χ3v) is 5.14. The second-order valence-corrected chi connectivity index (χ2v) is 6.39. The fourth-order valence-electron chi connectivity index (χ4n) is 3.29. The normalized spacial score (nSPS) is 22.1. The van der Waals surface area contributed by atoms with Crippen molar-refractivity contribution >= 4 is 12.0 Å². The first-order chi connectivity index (χ1) is 9.54. The molecular formula is C15H26N2O3. The van der Waals surface area contributed by atoms with E-state index in [1.807, 2.05) is 4.90 Å². The van der Waals surface area contributed by atoms with Gasteiger partial charge in [-0.3, -0.25) is 4.79 Å². The lowest BCUT2D eigenvalue weighted by Gasteiger charge is -2.42. The molecule has 114 valence electrons. The van der Waals surface area contributed by atoms with Gasteiger partial charge in [-0.05, 0) is 43.4 Å². The number of amides is 2. The van der Waals surface area contributed by atoms with Crippen molar-refractivity contribution in [1.82, 2.24) is 10.2 Å². The van der Waals surface area contributed by atoms with Crippen LogP contribution in [0.2, 0.25) is 0 Å². The highest BCUT2D eigenvalue weighted by atomic mass is 16.4.